The second-order valence-electron chi connectivity index (χ2n) is 9.74. The predicted octanol–water partition coefficient (Wildman–Crippen LogP) is 2.27. The van der Waals surface area contributed by atoms with E-state index in [1.807, 2.05) is 13.0 Å². The molecule has 12 heteroatoms. The number of hydrogen-bond acceptors (Lipinski definition) is 9. The Bertz CT molecular complexity index is 1290. The highest BCUT2D eigenvalue weighted by Crippen LogP contribution is 2.38. The first-order valence-corrected chi connectivity index (χ1v) is 14.5. The molecule has 0 fully saturated rings. The second kappa shape index (κ2) is 14.2. The first kappa shape index (κ1) is 30.9. The van der Waals surface area contributed by atoms with E-state index in [0.29, 0.717) is 44.1 Å². The Morgan fingerprint density at radius 1 is 1.15 bits per heavy atom. The first-order chi connectivity index (χ1) is 19.8. The van der Waals surface area contributed by atoms with Crippen LogP contribution in [0.1, 0.15) is 37.3 Å². The average Bonchev–Trinajstić information content (AvgIpc) is 3.44. The molecule has 0 saturated heterocycles. The Hall–Kier alpha value is -3.07. The van der Waals surface area contributed by atoms with E-state index in [2.05, 4.69) is 27.9 Å². The zero-order chi connectivity index (χ0) is 29.5. The van der Waals surface area contributed by atoms with Crippen LogP contribution in [0, 0.1) is 3.57 Å². The number of aliphatic hydroxyl groups excluding tert-OH is 3. The number of nitrogens with one attached hydrogen (secondary N) is 1. The van der Waals surface area contributed by atoms with Crippen molar-refractivity contribution < 1.29 is 43.9 Å². The molecule has 1 aliphatic carbocycles. The molecule has 2 aromatic rings. The number of fused-ring (bicyclic) bond motifs is 1. The molecule has 0 radical (unpaired) electrons. The van der Waals surface area contributed by atoms with Crippen LogP contribution in [0.2, 0.25) is 0 Å². The molecule has 3 atom stereocenters. The summed E-state index contributed by atoms with van der Waals surface area (Å²) in [4.78, 5) is 28.1. The largest absolute Gasteiger partial charge is 0.493 e. The Morgan fingerprint density at radius 3 is 2.63 bits per heavy atom. The topological polar surface area (TPSA) is 147 Å². The van der Waals surface area contributed by atoms with Crippen molar-refractivity contribution >= 4 is 34.4 Å². The molecular formula is C29H35IN2O9. The minimum Gasteiger partial charge on any atom is -0.493 e. The van der Waals surface area contributed by atoms with Crippen molar-refractivity contribution in [3.05, 3.63) is 56.7 Å². The Kier molecular flexibility index (Phi) is 10.7. The van der Waals surface area contributed by atoms with Gasteiger partial charge >= 0.3 is 0 Å². The van der Waals surface area contributed by atoms with Crippen LogP contribution in [0.5, 0.6) is 23.0 Å². The van der Waals surface area contributed by atoms with Crippen molar-refractivity contribution in [3.63, 3.8) is 0 Å². The fourth-order valence-corrected chi connectivity index (χ4v) is 5.67. The fraction of sp³-hybridized carbons (Fsp3) is 0.448. The van der Waals surface area contributed by atoms with Crippen LogP contribution in [0.4, 0.5) is 0 Å². The van der Waals surface area contributed by atoms with Gasteiger partial charge in [-0.25, -0.2) is 0 Å². The Balaban J connectivity index is 1.70. The maximum absolute atomic E-state index is 13.5. The number of methoxy groups -OCH3 is 1. The van der Waals surface area contributed by atoms with Gasteiger partial charge in [-0.3, -0.25) is 9.59 Å². The van der Waals surface area contributed by atoms with Crippen molar-refractivity contribution in [2.24, 2.45) is 0 Å². The molecule has 41 heavy (non-hydrogen) atoms. The summed E-state index contributed by atoms with van der Waals surface area (Å²) in [6, 6.07) is 7.99. The smallest absolute Gasteiger partial charge is 0.247 e. The second-order valence-corrected chi connectivity index (χ2v) is 10.9. The van der Waals surface area contributed by atoms with Gasteiger partial charge in [0, 0.05) is 31.5 Å². The van der Waals surface area contributed by atoms with E-state index in [4.69, 9.17) is 18.9 Å². The molecule has 222 valence electrons. The number of hydrogen-bond donors (Lipinski definition) is 4. The molecule has 1 aliphatic heterocycles. The van der Waals surface area contributed by atoms with Crippen molar-refractivity contribution in [1.82, 2.24) is 10.2 Å². The van der Waals surface area contributed by atoms with Crippen LogP contribution < -0.4 is 24.3 Å². The van der Waals surface area contributed by atoms with Crippen LogP contribution in [0.15, 0.2) is 42.0 Å². The number of carbonyl (C=O) groups is 2. The quantitative estimate of drug-likeness (QED) is 0.248. The Morgan fingerprint density at radius 2 is 1.93 bits per heavy atom. The number of rotatable bonds is 12. The number of nitrogens with zero attached hydrogens (tertiary/aromatic N) is 1. The lowest BCUT2D eigenvalue weighted by Gasteiger charge is -2.40. The van der Waals surface area contributed by atoms with E-state index in [-0.39, 0.29) is 51.8 Å². The lowest BCUT2D eigenvalue weighted by atomic mass is 9.87. The minimum absolute atomic E-state index is 0.0545. The third-order valence-corrected chi connectivity index (χ3v) is 7.72. The number of aliphatic hydroxyl groups is 3. The summed E-state index contributed by atoms with van der Waals surface area (Å²) in [6.07, 6.45) is 0.272. The molecule has 2 aromatic carbocycles. The maximum atomic E-state index is 13.5. The summed E-state index contributed by atoms with van der Waals surface area (Å²) in [7, 11) is 1.47. The van der Waals surface area contributed by atoms with Gasteiger partial charge in [0.25, 0.3) is 0 Å². The van der Waals surface area contributed by atoms with Gasteiger partial charge in [-0.2, -0.15) is 0 Å². The lowest BCUT2D eigenvalue weighted by molar-refractivity contribution is -0.139. The molecule has 0 spiro atoms. The standard InChI is InChI=1S/C29H35IN2O9/c1-3-4-26(35)32(14-17-5-6-22-23(10-17)40-16-39-22)21-12-19(29(37)31-7-8-33)13-24(27(21)36)41-28-20(30)9-18(15-34)11-25(28)38-2/h5-6,9-11,13,21,24,27,33-34,36H,3-4,7-8,12,14-16H2,1-2H3,(H,31,37). The van der Waals surface area contributed by atoms with E-state index in [0.717, 1.165) is 5.56 Å². The third-order valence-electron chi connectivity index (χ3n) is 6.91. The van der Waals surface area contributed by atoms with Crippen LogP contribution in [0.25, 0.3) is 0 Å². The van der Waals surface area contributed by atoms with Gasteiger partial charge in [0.05, 0.1) is 29.9 Å². The SMILES string of the molecule is CCCC(=O)N(Cc1ccc2c(c1)OCO2)C1CC(C(=O)NCCO)=CC(Oc2c(I)cc(CO)cc2OC)C1O. The fourth-order valence-electron chi connectivity index (χ4n) is 4.88. The summed E-state index contributed by atoms with van der Waals surface area (Å²) >= 11 is 2.06. The molecule has 4 N–H and O–H groups in total. The molecule has 3 unspecified atom stereocenters. The normalized spacial score (nSPS) is 19.4. The number of ether oxygens (including phenoxy) is 4. The van der Waals surface area contributed by atoms with Gasteiger partial charge < -0.3 is 44.5 Å². The molecular weight excluding hydrogens is 647 g/mol. The Labute approximate surface area is 252 Å². The van der Waals surface area contributed by atoms with Gasteiger partial charge in [-0.1, -0.05) is 13.0 Å². The molecule has 1 heterocycles. The molecule has 4 rings (SSSR count). The number of amides is 2. The summed E-state index contributed by atoms with van der Waals surface area (Å²) in [5.74, 6) is 1.29. The number of halogens is 1. The zero-order valence-electron chi connectivity index (χ0n) is 23.0. The van der Waals surface area contributed by atoms with Gasteiger partial charge in [0.2, 0.25) is 18.6 Å². The van der Waals surface area contributed by atoms with Crippen LogP contribution >= 0.6 is 22.6 Å². The van der Waals surface area contributed by atoms with Gasteiger partial charge in [0.15, 0.2) is 23.0 Å². The van der Waals surface area contributed by atoms with Gasteiger partial charge in [-0.05, 0) is 70.5 Å². The van der Waals surface area contributed by atoms with E-state index < -0.39 is 24.2 Å². The third kappa shape index (κ3) is 7.23. The molecule has 0 bridgehead atoms. The van der Waals surface area contributed by atoms with Crippen molar-refractivity contribution in [2.45, 2.75) is 57.6 Å². The summed E-state index contributed by atoms with van der Waals surface area (Å²) in [6.45, 7) is 1.82. The summed E-state index contributed by atoms with van der Waals surface area (Å²) in [5.41, 5.74) is 1.72. The van der Waals surface area contributed by atoms with Gasteiger partial charge in [0.1, 0.15) is 12.2 Å². The van der Waals surface area contributed by atoms with Gasteiger partial charge in [-0.15, -0.1) is 0 Å². The lowest BCUT2D eigenvalue weighted by Crippen LogP contribution is -2.54. The summed E-state index contributed by atoms with van der Waals surface area (Å²) in [5, 5.41) is 33.2. The summed E-state index contributed by atoms with van der Waals surface area (Å²) < 4.78 is 23.3. The average molecular weight is 683 g/mol. The molecule has 0 aromatic heterocycles. The van der Waals surface area contributed by atoms with Crippen LogP contribution in [-0.2, 0) is 22.7 Å². The molecule has 2 amide bonds. The van der Waals surface area contributed by atoms with E-state index in [9.17, 15) is 24.9 Å². The number of carbonyl (C=O) groups excluding carboxylic acids is 2. The molecule has 11 nitrogen and oxygen atoms in total. The maximum Gasteiger partial charge on any atom is 0.247 e. The molecule has 2 aliphatic rings. The molecule has 0 saturated carbocycles. The van der Waals surface area contributed by atoms with Crippen molar-refractivity contribution in [1.29, 1.82) is 0 Å². The predicted molar refractivity (Wildman–Crippen MR) is 157 cm³/mol. The first-order valence-electron chi connectivity index (χ1n) is 13.4. The highest BCUT2D eigenvalue weighted by atomic mass is 127. The number of benzene rings is 2. The van der Waals surface area contributed by atoms with E-state index >= 15 is 0 Å². The van der Waals surface area contributed by atoms with E-state index in [1.54, 1.807) is 35.2 Å². The van der Waals surface area contributed by atoms with Crippen LogP contribution in [0.3, 0.4) is 0 Å². The van der Waals surface area contributed by atoms with Crippen LogP contribution in [-0.4, -0.2) is 77.3 Å². The minimum atomic E-state index is -1.20. The zero-order valence-corrected chi connectivity index (χ0v) is 25.1. The highest BCUT2D eigenvalue weighted by Gasteiger charge is 2.41. The highest BCUT2D eigenvalue weighted by molar-refractivity contribution is 14.1. The van der Waals surface area contributed by atoms with Crippen molar-refractivity contribution in [2.75, 3.05) is 27.1 Å². The van der Waals surface area contributed by atoms with E-state index in [1.165, 1.54) is 7.11 Å². The monoisotopic (exact) mass is 682 g/mol. The van der Waals surface area contributed by atoms with Crippen molar-refractivity contribution in [3.8, 4) is 23.0 Å².